The van der Waals surface area contributed by atoms with Crippen molar-refractivity contribution >= 4 is 22.9 Å². The van der Waals surface area contributed by atoms with Gasteiger partial charge in [0, 0.05) is 36.8 Å². The molecule has 0 atom stereocenters. The Morgan fingerprint density at radius 3 is 2.75 bits per heavy atom. The summed E-state index contributed by atoms with van der Waals surface area (Å²) in [5.74, 6) is 1.74. The zero-order chi connectivity index (χ0) is 28.0. The van der Waals surface area contributed by atoms with Crippen molar-refractivity contribution in [3.05, 3.63) is 78.0 Å². The van der Waals surface area contributed by atoms with Gasteiger partial charge in [-0.1, -0.05) is 42.5 Å². The number of H-pyrrole nitrogens is 1. The highest BCUT2D eigenvalue weighted by Gasteiger charge is 2.22. The first-order valence-corrected chi connectivity index (χ1v) is 14.0. The second-order valence-electron chi connectivity index (χ2n) is 9.84. The number of carbonyl (C=O) groups is 1. The van der Waals surface area contributed by atoms with Crippen LogP contribution in [0.2, 0.25) is 0 Å². The molecule has 2 N–H and O–H groups in total. The van der Waals surface area contributed by atoms with Crippen molar-refractivity contribution in [3.63, 3.8) is 0 Å². The number of nitrogens with zero attached hydrogens (tertiary/aromatic N) is 1. The molecule has 1 aliphatic heterocycles. The minimum Gasteiger partial charge on any atom is -0.493 e. The number of benzene rings is 2. The van der Waals surface area contributed by atoms with Crippen LogP contribution in [0.3, 0.4) is 0 Å². The van der Waals surface area contributed by atoms with E-state index in [1.165, 1.54) is 29.3 Å². The predicted octanol–water partition coefficient (Wildman–Crippen LogP) is 5.13. The number of methoxy groups -OCH3 is 2. The summed E-state index contributed by atoms with van der Waals surface area (Å²) in [5.41, 5.74) is 3.61. The number of carbonyl (C=O) groups excluding carboxylic acids is 1. The number of fused-ring (bicyclic) bond motifs is 1. The average molecular weight is 548 g/mol. The van der Waals surface area contributed by atoms with Crippen molar-refractivity contribution in [2.45, 2.75) is 25.2 Å². The Morgan fingerprint density at radius 1 is 1.07 bits per heavy atom. The SMILES string of the molecule is COCCOCOc1ccc(/C=C/C=C/C(=O)NCCCN2CCC(c3c[nH]c4ccccc34)CC2)cc1OC. The third-order valence-electron chi connectivity index (χ3n) is 7.16. The number of hydrogen-bond acceptors (Lipinski definition) is 6. The van der Waals surface area contributed by atoms with Crippen LogP contribution in [0.25, 0.3) is 17.0 Å². The fourth-order valence-corrected chi connectivity index (χ4v) is 5.00. The van der Waals surface area contributed by atoms with E-state index in [1.807, 2.05) is 30.4 Å². The summed E-state index contributed by atoms with van der Waals surface area (Å²) in [6, 6.07) is 14.2. The number of ether oxygens (including phenoxy) is 4. The highest BCUT2D eigenvalue weighted by molar-refractivity contribution is 5.87. The van der Waals surface area contributed by atoms with E-state index >= 15 is 0 Å². The van der Waals surface area contributed by atoms with Crippen LogP contribution in [-0.2, 0) is 14.3 Å². The lowest BCUT2D eigenvalue weighted by molar-refractivity contribution is -0.116. The molecular weight excluding hydrogens is 506 g/mol. The molecule has 0 radical (unpaired) electrons. The highest BCUT2D eigenvalue weighted by atomic mass is 16.7. The molecule has 214 valence electrons. The molecule has 8 nitrogen and oxygen atoms in total. The minimum absolute atomic E-state index is 0.0857. The number of aromatic amines is 1. The number of nitrogens with one attached hydrogen (secondary N) is 2. The molecule has 2 heterocycles. The van der Waals surface area contributed by atoms with E-state index < -0.39 is 0 Å². The maximum absolute atomic E-state index is 12.2. The lowest BCUT2D eigenvalue weighted by atomic mass is 9.89. The second kappa shape index (κ2) is 15.9. The van der Waals surface area contributed by atoms with Gasteiger partial charge in [0.05, 0.1) is 20.3 Å². The van der Waals surface area contributed by atoms with E-state index in [0.717, 1.165) is 31.6 Å². The first-order chi connectivity index (χ1) is 19.7. The van der Waals surface area contributed by atoms with Crippen LogP contribution in [-0.4, -0.2) is 76.2 Å². The van der Waals surface area contributed by atoms with Gasteiger partial charge in [-0.3, -0.25) is 4.79 Å². The van der Waals surface area contributed by atoms with Gasteiger partial charge in [-0.05, 0) is 74.1 Å². The molecule has 1 amide bonds. The number of likely N-dealkylation sites (tertiary alicyclic amines) is 1. The van der Waals surface area contributed by atoms with Gasteiger partial charge in [-0.2, -0.15) is 0 Å². The Hall–Kier alpha value is -3.59. The number of piperidine rings is 1. The van der Waals surface area contributed by atoms with E-state index in [2.05, 4.69) is 45.7 Å². The second-order valence-corrected chi connectivity index (χ2v) is 9.84. The number of aromatic nitrogens is 1. The third kappa shape index (κ3) is 8.71. The first-order valence-electron chi connectivity index (χ1n) is 14.0. The lowest BCUT2D eigenvalue weighted by Crippen LogP contribution is -2.35. The molecular formula is C32H41N3O5. The van der Waals surface area contributed by atoms with E-state index in [4.69, 9.17) is 18.9 Å². The van der Waals surface area contributed by atoms with Gasteiger partial charge in [-0.15, -0.1) is 0 Å². The standard InChI is InChI=1S/C32H41N3O5/c1-37-20-21-39-24-40-30-13-12-25(22-31(30)38-2)8-3-6-11-32(36)33-16-7-17-35-18-14-26(15-19-35)28-23-34-29-10-5-4-9-27(28)29/h3-6,8-13,22-23,26,34H,7,14-21,24H2,1-2H3,(H,33,36)/b8-3+,11-6+. The van der Waals surface area contributed by atoms with Crippen molar-refractivity contribution in [2.75, 3.05) is 60.4 Å². The molecule has 1 fully saturated rings. The van der Waals surface area contributed by atoms with Gasteiger partial charge < -0.3 is 34.1 Å². The fourth-order valence-electron chi connectivity index (χ4n) is 5.00. The van der Waals surface area contributed by atoms with E-state index in [0.29, 0.717) is 37.2 Å². The zero-order valence-corrected chi connectivity index (χ0v) is 23.6. The molecule has 0 aliphatic carbocycles. The molecule has 0 unspecified atom stereocenters. The maximum Gasteiger partial charge on any atom is 0.243 e. The van der Waals surface area contributed by atoms with Crippen LogP contribution in [0.1, 0.15) is 36.3 Å². The summed E-state index contributed by atoms with van der Waals surface area (Å²) in [5, 5.41) is 4.34. The van der Waals surface area contributed by atoms with Crippen LogP contribution in [0.4, 0.5) is 0 Å². The summed E-state index contributed by atoms with van der Waals surface area (Å²) in [4.78, 5) is 18.1. The van der Waals surface area contributed by atoms with Crippen LogP contribution in [0.5, 0.6) is 11.5 Å². The van der Waals surface area contributed by atoms with Crippen molar-refractivity contribution in [1.82, 2.24) is 15.2 Å². The van der Waals surface area contributed by atoms with Crippen molar-refractivity contribution in [2.24, 2.45) is 0 Å². The summed E-state index contributed by atoms with van der Waals surface area (Å²) >= 11 is 0. The van der Waals surface area contributed by atoms with Gasteiger partial charge >= 0.3 is 0 Å². The molecule has 2 aromatic carbocycles. The van der Waals surface area contributed by atoms with Crippen molar-refractivity contribution < 1.29 is 23.7 Å². The van der Waals surface area contributed by atoms with Crippen molar-refractivity contribution in [1.29, 1.82) is 0 Å². The zero-order valence-electron chi connectivity index (χ0n) is 23.6. The smallest absolute Gasteiger partial charge is 0.243 e. The molecule has 0 spiro atoms. The summed E-state index contributed by atoms with van der Waals surface area (Å²) in [6.45, 7) is 4.98. The Balaban J connectivity index is 1.11. The van der Waals surface area contributed by atoms with E-state index in [1.54, 1.807) is 26.4 Å². The number of amides is 1. The molecule has 8 heteroatoms. The van der Waals surface area contributed by atoms with Crippen molar-refractivity contribution in [3.8, 4) is 11.5 Å². The summed E-state index contributed by atoms with van der Waals surface area (Å²) in [7, 11) is 3.22. The van der Waals surface area contributed by atoms with Crippen LogP contribution >= 0.6 is 0 Å². The normalized spacial score (nSPS) is 14.8. The molecule has 40 heavy (non-hydrogen) atoms. The molecule has 0 bridgehead atoms. The fraction of sp³-hybridized carbons (Fsp3) is 0.406. The van der Waals surface area contributed by atoms with Gasteiger partial charge in [0.2, 0.25) is 5.91 Å². The van der Waals surface area contributed by atoms with E-state index in [-0.39, 0.29) is 12.7 Å². The number of rotatable bonds is 15. The van der Waals surface area contributed by atoms with Crippen LogP contribution in [0.15, 0.2) is 66.9 Å². The molecule has 1 aliphatic rings. The number of allylic oxidation sites excluding steroid dienone is 2. The molecule has 1 aromatic heterocycles. The summed E-state index contributed by atoms with van der Waals surface area (Å²) < 4.78 is 21.3. The first kappa shape index (κ1) is 29.4. The Kier molecular flexibility index (Phi) is 11.7. The highest BCUT2D eigenvalue weighted by Crippen LogP contribution is 2.33. The Bertz CT molecular complexity index is 1260. The van der Waals surface area contributed by atoms with Gasteiger partial charge in [0.1, 0.15) is 0 Å². The van der Waals surface area contributed by atoms with Crippen LogP contribution in [0, 0.1) is 0 Å². The monoisotopic (exact) mass is 547 g/mol. The van der Waals surface area contributed by atoms with Crippen LogP contribution < -0.4 is 14.8 Å². The number of hydrogen-bond donors (Lipinski definition) is 2. The summed E-state index contributed by atoms with van der Waals surface area (Å²) in [6.07, 6.45) is 12.5. The lowest BCUT2D eigenvalue weighted by Gasteiger charge is -2.32. The van der Waals surface area contributed by atoms with Gasteiger partial charge in [0.25, 0.3) is 0 Å². The van der Waals surface area contributed by atoms with E-state index in [9.17, 15) is 4.79 Å². The molecule has 0 saturated carbocycles. The predicted molar refractivity (Wildman–Crippen MR) is 159 cm³/mol. The average Bonchev–Trinajstić information content (AvgIpc) is 3.42. The maximum atomic E-state index is 12.2. The van der Waals surface area contributed by atoms with Gasteiger partial charge in [0.15, 0.2) is 18.3 Å². The molecule has 3 aromatic rings. The third-order valence-corrected chi connectivity index (χ3v) is 7.16. The van der Waals surface area contributed by atoms with Gasteiger partial charge in [-0.25, -0.2) is 0 Å². The Labute approximate surface area is 236 Å². The molecule has 4 rings (SSSR count). The minimum atomic E-state index is -0.0857. The quantitative estimate of drug-likeness (QED) is 0.119. The largest absolute Gasteiger partial charge is 0.493 e. The number of para-hydroxylation sites is 1. The topological polar surface area (TPSA) is 85.1 Å². The molecule has 1 saturated heterocycles. The Morgan fingerprint density at radius 2 is 1.93 bits per heavy atom.